The summed E-state index contributed by atoms with van der Waals surface area (Å²) in [4.78, 5) is 23.4. The van der Waals surface area contributed by atoms with Crippen molar-refractivity contribution in [2.75, 3.05) is 11.1 Å². The van der Waals surface area contributed by atoms with Crippen LogP contribution in [0, 0.1) is 0 Å². The Morgan fingerprint density at radius 3 is 2.70 bits per heavy atom. The number of H-pyrrole nitrogens is 1. The highest BCUT2D eigenvalue weighted by Crippen LogP contribution is 2.37. The van der Waals surface area contributed by atoms with Crippen LogP contribution in [-0.4, -0.2) is 21.9 Å². The van der Waals surface area contributed by atoms with E-state index >= 15 is 0 Å². The van der Waals surface area contributed by atoms with Gasteiger partial charge in [0.2, 0.25) is 0 Å². The summed E-state index contributed by atoms with van der Waals surface area (Å²) in [6.07, 6.45) is 3.41. The average molecular weight is 293 g/mol. The number of carbonyl (C=O) groups is 2. The van der Waals surface area contributed by atoms with Gasteiger partial charge in [0, 0.05) is 18.7 Å². The van der Waals surface area contributed by atoms with E-state index in [9.17, 15) is 9.59 Å². The van der Waals surface area contributed by atoms with Gasteiger partial charge >= 0.3 is 0 Å². The number of hydrogen-bond donors (Lipinski definition) is 4. The van der Waals surface area contributed by atoms with E-state index in [0.29, 0.717) is 9.88 Å². The van der Waals surface area contributed by atoms with Crippen molar-refractivity contribution in [3.05, 3.63) is 28.4 Å². The van der Waals surface area contributed by atoms with Crippen molar-refractivity contribution in [3.8, 4) is 0 Å². The van der Waals surface area contributed by atoms with Crippen LogP contribution < -0.4 is 16.8 Å². The molecule has 1 amide bonds. The Hall–Kier alpha value is -2.35. The summed E-state index contributed by atoms with van der Waals surface area (Å²) in [6, 6.07) is -0.107. The predicted octanol–water partition coefficient (Wildman–Crippen LogP) is 1.53. The number of aromatic nitrogens is 2. The number of nitrogens with one attached hydrogen (secondary N) is 2. The van der Waals surface area contributed by atoms with Crippen molar-refractivity contribution >= 4 is 33.7 Å². The summed E-state index contributed by atoms with van der Waals surface area (Å²) in [6.45, 7) is 3.30. The lowest BCUT2D eigenvalue weighted by atomic mass is 10.1. The molecule has 2 aromatic heterocycles. The lowest BCUT2D eigenvalue weighted by Crippen LogP contribution is -2.16. The van der Waals surface area contributed by atoms with Gasteiger partial charge in [-0.25, -0.2) is 0 Å². The lowest BCUT2D eigenvalue weighted by molar-refractivity contribution is 0.100. The summed E-state index contributed by atoms with van der Waals surface area (Å²) in [5.41, 5.74) is 12.4. The van der Waals surface area contributed by atoms with Gasteiger partial charge in [-0.05, 0) is 6.92 Å². The third-order valence-electron chi connectivity index (χ3n) is 2.88. The molecule has 2 rings (SSSR count). The number of rotatable bonds is 5. The lowest BCUT2D eigenvalue weighted by Gasteiger charge is -2.12. The van der Waals surface area contributed by atoms with Crippen LogP contribution in [0.15, 0.2) is 12.4 Å². The van der Waals surface area contributed by atoms with Crippen LogP contribution in [0.4, 0.5) is 10.7 Å². The van der Waals surface area contributed by atoms with E-state index in [1.807, 2.05) is 6.92 Å². The number of primary amides is 1. The molecule has 0 spiro atoms. The molecule has 2 aromatic rings. The third-order valence-corrected chi connectivity index (χ3v) is 4.12. The first-order valence-electron chi connectivity index (χ1n) is 5.90. The maximum absolute atomic E-state index is 11.5. The largest absolute Gasteiger partial charge is 0.397 e. The normalized spacial score (nSPS) is 12.1. The Morgan fingerprint density at radius 1 is 1.50 bits per heavy atom. The Labute approximate surface area is 119 Å². The summed E-state index contributed by atoms with van der Waals surface area (Å²) in [7, 11) is 0. The molecule has 8 heteroatoms. The monoisotopic (exact) mass is 293 g/mol. The van der Waals surface area contributed by atoms with E-state index in [1.54, 1.807) is 12.4 Å². The molecule has 106 valence electrons. The average Bonchev–Trinajstić information content (AvgIpc) is 2.96. The highest BCUT2D eigenvalue weighted by molar-refractivity contribution is 7.19. The fourth-order valence-electron chi connectivity index (χ4n) is 1.83. The third kappa shape index (κ3) is 2.50. The molecule has 6 N–H and O–H groups in total. The number of Topliss-reactive ketones (excluding diaryl/α,β-unsaturated/α-hetero) is 1. The highest BCUT2D eigenvalue weighted by atomic mass is 32.1. The highest BCUT2D eigenvalue weighted by Gasteiger charge is 2.23. The van der Waals surface area contributed by atoms with Gasteiger partial charge in [-0.3, -0.25) is 14.7 Å². The van der Waals surface area contributed by atoms with Gasteiger partial charge in [-0.2, -0.15) is 5.10 Å². The molecule has 0 saturated carbocycles. The molecule has 0 aliphatic rings. The topological polar surface area (TPSA) is 127 Å². The molecule has 0 saturated heterocycles. The fourth-order valence-corrected chi connectivity index (χ4v) is 2.94. The Morgan fingerprint density at radius 2 is 2.20 bits per heavy atom. The van der Waals surface area contributed by atoms with E-state index in [-0.39, 0.29) is 23.1 Å². The van der Waals surface area contributed by atoms with Gasteiger partial charge in [-0.15, -0.1) is 11.3 Å². The number of anilines is 2. The first-order valence-corrected chi connectivity index (χ1v) is 6.71. The molecule has 1 atom stereocenters. The maximum Gasteiger partial charge on any atom is 0.253 e. The van der Waals surface area contributed by atoms with Crippen molar-refractivity contribution in [2.45, 2.75) is 19.9 Å². The summed E-state index contributed by atoms with van der Waals surface area (Å²) in [5, 5.41) is 10.2. The summed E-state index contributed by atoms with van der Waals surface area (Å²) in [5.74, 6) is -0.854. The van der Waals surface area contributed by atoms with Gasteiger partial charge in [0.1, 0.15) is 5.00 Å². The maximum atomic E-state index is 11.5. The van der Waals surface area contributed by atoms with Crippen LogP contribution in [0.3, 0.4) is 0 Å². The molecule has 0 fully saturated rings. The molecule has 0 bridgehead atoms. The van der Waals surface area contributed by atoms with Crippen molar-refractivity contribution in [3.63, 3.8) is 0 Å². The second-order valence-corrected chi connectivity index (χ2v) is 5.39. The SMILES string of the molecule is CC(=O)c1sc(NC(C)c2cn[nH]c2)c(C(N)=O)c1N. The Bertz CT molecular complexity index is 647. The molecule has 7 nitrogen and oxygen atoms in total. The van der Waals surface area contributed by atoms with E-state index in [4.69, 9.17) is 11.5 Å². The molecular weight excluding hydrogens is 278 g/mol. The van der Waals surface area contributed by atoms with Gasteiger partial charge in [0.25, 0.3) is 5.91 Å². The minimum Gasteiger partial charge on any atom is -0.397 e. The number of aromatic amines is 1. The number of nitrogens with zero attached hydrogens (tertiary/aromatic N) is 1. The zero-order chi connectivity index (χ0) is 14.9. The molecule has 0 aliphatic heterocycles. The molecule has 0 radical (unpaired) electrons. The van der Waals surface area contributed by atoms with E-state index < -0.39 is 5.91 Å². The number of carbonyl (C=O) groups excluding carboxylic acids is 2. The second kappa shape index (κ2) is 5.33. The number of thiophene rings is 1. The number of nitrogens with two attached hydrogens (primary N) is 2. The van der Waals surface area contributed by atoms with E-state index in [1.165, 1.54) is 6.92 Å². The standard InChI is InChI=1S/C12H15N5O2S/c1-5(7-3-15-16-4-7)17-12-8(11(14)19)9(13)10(20-12)6(2)18/h3-5,17H,13H2,1-2H3,(H2,14,19)(H,15,16). The number of ketones is 1. The van der Waals surface area contributed by atoms with Crippen LogP contribution in [-0.2, 0) is 0 Å². The predicted molar refractivity (Wildman–Crippen MR) is 77.9 cm³/mol. The van der Waals surface area contributed by atoms with Crippen LogP contribution in [0.2, 0.25) is 0 Å². The zero-order valence-corrected chi connectivity index (χ0v) is 11.9. The first-order chi connectivity index (χ1) is 9.41. The van der Waals surface area contributed by atoms with Crippen molar-refractivity contribution in [2.24, 2.45) is 5.73 Å². The molecule has 1 unspecified atom stereocenters. The van der Waals surface area contributed by atoms with Gasteiger partial charge < -0.3 is 16.8 Å². The summed E-state index contributed by atoms with van der Waals surface area (Å²) >= 11 is 1.13. The Balaban J connectivity index is 2.38. The number of nitrogen functional groups attached to an aromatic ring is 1. The minimum atomic E-state index is -0.659. The second-order valence-electron chi connectivity index (χ2n) is 4.37. The quantitative estimate of drug-likeness (QED) is 0.622. The molecule has 0 aliphatic carbocycles. The number of hydrogen-bond acceptors (Lipinski definition) is 6. The number of amides is 1. The van der Waals surface area contributed by atoms with Crippen LogP contribution in [0.25, 0.3) is 0 Å². The molecular formula is C12H15N5O2S. The first kappa shape index (κ1) is 14.1. The minimum absolute atomic E-state index is 0.107. The molecule has 2 heterocycles. The zero-order valence-electron chi connectivity index (χ0n) is 11.1. The smallest absolute Gasteiger partial charge is 0.253 e. The fraction of sp³-hybridized carbons (Fsp3) is 0.250. The van der Waals surface area contributed by atoms with Crippen molar-refractivity contribution in [1.82, 2.24) is 10.2 Å². The molecule has 0 aromatic carbocycles. The van der Waals surface area contributed by atoms with Crippen LogP contribution in [0.5, 0.6) is 0 Å². The van der Waals surface area contributed by atoms with E-state index in [0.717, 1.165) is 16.9 Å². The Kier molecular flexibility index (Phi) is 3.75. The van der Waals surface area contributed by atoms with Crippen molar-refractivity contribution < 1.29 is 9.59 Å². The van der Waals surface area contributed by atoms with E-state index in [2.05, 4.69) is 15.5 Å². The van der Waals surface area contributed by atoms with Gasteiger partial charge in [0.15, 0.2) is 5.78 Å². The van der Waals surface area contributed by atoms with Crippen molar-refractivity contribution in [1.29, 1.82) is 0 Å². The van der Waals surface area contributed by atoms with Gasteiger partial charge in [-0.1, -0.05) is 0 Å². The summed E-state index contributed by atoms with van der Waals surface area (Å²) < 4.78 is 0. The van der Waals surface area contributed by atoms with Gasteiger partial charge in [0.05, 0.1) is 28.4 Å². The molecule has 20 heavy (non-hydrogen) atoms. The van der Waals surface area contributed by atoms with Crippen LogP contribution in [0.1, 0.15) is 45.5 Å². The van der Waals surface area contributed by atoms with Crippen LogP contribution >= 0.6 is 11.3 Å².